The van der Waals surface area contributed by atoms with E-state index in [4.69, 9.17) is 4.74 Å². The number of carbonyl (C=O) groups is 1. The summed E-state index contributed by atoms with van der Waals surface area (Å²) < 4.78 is 29.9. The van der Waals surface area contributed by atoms with E-state index in [1.807, 2.05) is 0 Å². The molecule has 1 aromatic carbocycles. The summed E-state index contributed by atoms with van der Waals surface area (Å²) in [6, 6.07) is 6.10. The van der Waals surface area contributed by atoms with Crippen LogP contribution in [0.1, 0.15) is 21.5 Å². The molecular weight excluding hydrogens is 368 g/mol. The van der Waals surface area contributed by atoms with E-state index in [1.165, 1.54) is 16.4 Å². The molecule has 0 aliphatic carbocycles. The maximum atomic E-state index is 12.2. The van der Waals surface area contributed by atoms with Gasteiger partial charge in [-0.1, -0.05) is 11.3 Å². The van der Waals surface area contributed by atoms with Gasteiger partial charge in [0, 0.05) is 23.6 Å². The van der Waals surface area contributed by atoms with Gasteiger partial charge < -0.3 is 4.74 Å². The first-order valence-corrected chi connectivity index (χ1v) is 9.98. The number of benzene rings is 1. The summed E-state index contributed by atoms with van der Waals surface area (Å²) in [5.74, 6) is -0.561. The Hall–Kier alpha value is -2.46. The minimum absolute atomic E-state index is 0.00977. The largest absolute Gasteiger partial charge is 0.457 e. The van der Waals surface area contributed by atoms with Gasteiger partial charge >= 0.3 is 11.0 Å². The second kappa shape index (κ2) is 6.45. The SMILES string of the molecule is CS(=O)(=O)N1CCc2cc(C(=O)OCc3csc([N+](=O)[O-])c3)ccc21. The van der Waals surface area contributed by atoms with Gasteiger partial charge in [0.05, 0.1) is 22.4 Å². The van der Waals surface area contributed by atoms with Crippen molar-refractivity contribution in [3.63, 3.8) is 0 Å². The van der Waals surface area contributed by atoms with E-state index >= 15 is 0 Å². The van der Waals surface area contributed by atoms with E-state index in [0.29, 0.717) is 29.8 Å². The quantitative estimate of drug-likeness (QED) is 0.446. The molecule has 0 unspecified atom stereocenters. The number of thiophene rings is 1. The zero-order chi connectivity index (χ0) is 18.2. The Morgan fingerprint density at radius 2 is 2.16 bits per heavy atom. The summed E-state index contributed by atoms with van der Waals surface area (Å²) in [5.41, 5.74) is 2.21. The van der Waals surface area contributed by atoms with Crippen LogP contribution in [0.5, 0.6) is 0 Å². The van der Waals surface area contributed by atoms with Crippen LogP contribution in [0.15, 0.2) is 29.6 Å². The second-order valence-corrected chi connectivity index (χ2v) is 8.35. The van der Waals surface area contributed by atoms with Crippen molar-refractivity contribution in [3.8, 4) is 0 Å². The summed E-state index contributed by atoms with van der Waals surface area (Å²) >= 11 is 0.971. The summed E-state index contributed by atoms with van der Waals surface area (Å²) in [7, 11) is -3.34. The third kappa shape index (κ3) is 3.64. The van der Waals surface area contributed by atoms with Gasteiger partial charge in [0.1, 0.15) is 6.61 Å². The van der Waals surface area contributed by atoms with Crippen molar-refractivity contribution in [1.29, 1.82) is 0 Å². The van der Waals surface area contributed by atoms with E-state index in [9.17, 15) is 23.3 Å². The Balaban J connectivity index is 1.70. The lowest BCUT2D eigenvalue weighted by atomic mass is 10.1. The molecule has 0 saturated carbocycles. The lowest BCUT2D eigenvalue weighted by Crippen LogP contribution is -2.27. The average Bonchev–Trinajstić information content (AvgIpc) is 3.18. The van der Waals surface area contributed by atoms with Gasteiger partial charge in [-0.05, 0) is 30.2 Å². The van der Waals surface area contributed by atoms with Crippen LogP contribution in [0.2, 0.25) is 0 Å². The molecule has 2 aromatic rings. The number of fused-ring (bicyclic) bond motifs is 1. The van der Waals surface area contributed by atoms with Gasteiger partial charge in [0.15, 0.2) is 0 Å². The zero-order valence-corrected chi connectivity index (χ0v) is 14.8. The molecule has 0 fully saturated rings. The summed E-state index contributed by atoms with van der Waals surface area (Å²) in [4.78, 5) is 22.3. The van der Waals surface area contributed by atoms with Crippen LogP contribution in [0.25, 0.3) is 0 Å². The monoisotopic (exact) mass is 382 g/mol. The first kappa shape index (κ1) is 17.4. The summed E-state index contributed by atoms with van der Waals surface area (Å²) in [6.07, 6.45) is 1.67. The first-order valence-electron chi connectivity index (χ1n) is 7.25. The van der Waals surface area contributed by atoms with Crippen LogP contribution in [-0.2, 0) is 27.8 Å². The third-order valence-electron chi connectivity index (χ3n) is 3.76. The lowest BCUT2D eigenvalue weighted by molar-refractivity contribution is -0.380. The molecule has 8 nitrogen and oxygen atoms in total. The standard InChI is InChI=1S/C15H14N2O6S2/c1-25(21,22)16-5-4-11-7-12(2-3-13(11)16)15(18)23-8-10-6-14(17(19)20)24-9-10/h2-3,6-7,9H,4-5,8H2,1H3. The zero-order valence-electron chi connectivity index (χ0n) is 13.2. The summed E-state index contributed by atoms with van der Waals surface area (Å²) in [5, 5.41) is 12.2. The van der Waals surface area contributed by atoms with Gasteiger partial charge in [-0.15, -0.1) is 0 Å². The smallest absolute Gasteiger partial charge is 0.338 e. The number of rotatable bonds is 5. The highest BCUT2D eigenvalue weighted by Crippen LogP contribution is 2.31. The Morgan fingerprint density at radius 1 is 1.40 bits per heavy atom. The second-order valence-electron chi connectivity index (χ2n) is 5.56. The fourth-order valence-corrected chi connectivity index (χ4v) is 4.28. The molecule has 1 aromatic heterocycles. The molecule has 1 aliphatic heterocycles. The molecule has 3 rings (SSSR count). The fraction of sp³-hybridized carbons (Fsp3) is 0.267. The van der Waals surface area contributed by atoms with E-state index in [0.717, 1.165) is 23.2 Å². The highest BCUT2D eigenvalue weighted by Gasteiger charge is 2.27. The van der Waals surface area contributed by atoms with Gasteiger partial charge in [0.2, 0.25) is 10.0 Å². The van der Waals surface area contributed by atoms with E-state index in [2.05, 4.69) is 0 Å². The highest BCUT2D eigenvalue weighted by molar-refractivity contribution is 7.92. The van der Waals surface area contributed by atoms with E-state index < -0.39 is 20.9 Å². The Bertz CT molecular complexity index is 951. The number of nitro groups is 1. The Labute approximate surface area is 147 Å². The molecule has 0 amide bonds. The number of ether oxygens (including phenoxy) is 1. The predicted molar refractivity (Wildman–Crippen MR) is 92.4 cm³/mol. The molecule has 0 radical (unpaired) electrons. The number of carbonyl (C=O) groups excluding carboxylic acids is 1. The normalized spacial score (nSPS) is 13.6. The van der Waals surface area contributed by atoms with Crippen LogP contribution in [0.4, 0.5) is 10.7 Å². The Morgan fingerprint density at radius 3 is 2.80 bits per heavy atom. The van der Waals surface area contributed by atoms with Gasteiger partial charge in [0.25, 0.3) is 0 Å². The number of hydrogen-bond acceptors (Lipinski definition) is 7. The molecule has 2 heterocycles. The number of anilines is 1. The van der Waals surface area contributed by atoms with Gasteiger partial charge in [-0.25, -0.2) is 13.2 Å². The van der Waals surface area contributed by atoms with Crippen molar-refractivity contribution >= 4 is 38.0 Å². The van der Waals surface area contributed by atoms with E-state index in [-0.39, 0.29) is 11.6 Å². The molecular formula is C15H14N2O6S2. The molecule has 25 heavy (non-hydrogen) atoms. The number of esters is 1. The minimum Gasteiger partial charge on any atom is -0.457 e. The molecule has 1 aliphatic rings. The highest BCUT2D eigenvalue weighted by atomic mass is 32.2. The first-order chi connectivity index (χ1) is 11.8. The van der Waals surface area contributed by atoms with Crippen molar-refractivity contribution in [2.75, 3.05) is 17.1 Å². The third-order valence-corrected chi connectivity index (χ3v) is 5.87. The summed E-state index contributed by atoms with van der Waals surface area (Å²) in [6.45, 7) is 0.293. The van der Waals surface area contributed by atoms with Crippen molar-refractivity contribution in [1.82, 2.24) is 0 Å². The molecule has 132 valence electrons. The van der Waals surface area contributed by atoms with Crippen molar-refractivity contribution in [2.24, 2.45) is 0 Å². The van der Waals surface area contributed by atoms with Crippen molar-refractivity contribution < 1.29 is 22.9 Å². The number of sulfonamides is 1. The minimum atomic E-state index is -3.34. The molecule has 0 spiro atoms. The van der Waals surface area contributed by atoms with Crippen LogP contribution in [0, 0.1) is 10.1 Å². The van der Waals surface area contributed by atoms with Crippen LogP contribution >= 0.6 is 11.3 Å². The lowest BCUT2D eigenvalue weighted by Gasteiger charge is -2.16. The van der Waals surface area contributed by atoms with E-state index in [1.54, 1.807) is 17.5 Å². The topological polar surface area (TPSA) is 107 Å². The molecule has 0 N–H and O–H groups in total. The maximum Gasteiger partial charge on any atom is 0.338 e. The molecule has 10 heteroatoms. The van der Waals surface area contributed by atoms with Crippen LogP contribution in [-0.4, -0.2) is 32.1 Å². The molecule has 0 bridgehead atoms. The molecule has 0 saturated heterocycles. The van der Waals surface area contributed by atoms with Gasteiger partial charge in [-0.3, -0.25) is 14.4 Å². The van der Waals surface area contributed by atoms with Crippen molar-refractivity contribution in [2.45, 2.75) is 13.0 Å². The predicted octanol–water partition coefficient (Wildman–Crippen LogP) is 2.34. The number of hydrogen-bond donors (Lipinski definition) is 0. The number of nitrogens with zero attached hydrogens (tertiary/aromatic N) is 2. The average molecular weight is 382 g/mol. The van der Waals surface area contributed by atoms with Crippen molar-refractivity contribution in [3.05, 3.63) is 56.5 Å². The van der Waals surface area contributed by atoms with Gasteiger partial charge in [-0.2, -0.15) is 0 Å². The molecule has 0 atom stereocenters. The fourth-order valence-electron chi connectivity index (χ4n) is 2.61. The Kier molecular flexibility index (Phi) is 4.48. The maximum absolute atomic E-state index is 12.2. The van der Waals surface area contributed by atoms with Crippen LogP contribution in [0.3, 0.4) is 0 Å². The van der Waals surface area contributed by atoms with Crippen LogP contribution < -0.4 is 4.31 Å².